The smallest absolute Gasteiger partial charge is 0.225 e. The molecular weight excluding hydrogens is 383 g/mol. The molecule has 6 heteroatoms. The molecule has 4 nitrogen and oxygen atoms in total. The third-order valence-corrected chi connectivity index (χ3v) is 5.31. The molecule has 27 heavy (non-hydrogen) atoms. The lowest BCUT2D eigenvalue weighted by molar-refractivity contribution is -0.121. The summed E-state index contributed by atoms with van der Waals surface area (Å²) in [4.78, 5) is 15.0. The van der Waals surface area contributed by atoms with Crippen LogP contribution in [0.25, 0.3) is 0 Å². The summed E-state index contributed by atoms with van der Waals surface area (Å²) in [5.41, 5.74) is 3.07. The summed E-state index contributed by atoms with van der Waals surface area (Å²) >= 11 is 12.2. The van der Waals surface area contributed by atoms with Gasteiger partial charge in [-0.05, 0) is 30.2 Å². The van der Waals surface area contributed by atoms with Gasteiger partial charge < -0.3 is 10.1 Å². The number of aryl methyl sites for hydroxylation is 1. The van der Waals surface area contributed by atoms with Gasteiger partial charge >= 0.3 is 0 Å². The summed E-state index contributed by atoms with van der Waals surface area (Å²) in [7, 11) is 0. The van der Waals surface area contributed by atoms with Gasteiger partial charge in [-0.1, -0.05) is 59.1 Å². The second kappa shape index (κ2) is 9.56. The Labute approximate surface area is 170 Å². The molecule has 0 aromatic heterocycles. The zero-order chi connectivity index (χ0) is 19.2. The number of benzene rings is 2. The van der Waals surface area contributed by atoms with Gasteiger partial charge in [0.2, 0.25) is 5.91 Å². The second-order valence-corrected chi connectivity index (χ2v) is 7.70. The topological polar surface area (TPSA) is 41.6 Å². The first-order chi connectivity index (χ1) is 13.0. The van der Waals surface area contributed by atoms with Gasteiger partial charge in [0.15, 0.2) is 0 Å². The highest BCUT2D eigenvalue weighted by molar-refractivity contribution is 6.35. The Balaban J connectivity index is 1.71. The van der Waals surface area contributed by atoms with E-state index in [2.05, 4.69) is 41.4 Å². The Bertz CT molecular complexity index is 774. The van der Waals surface area contributed by atoms with Crippen molar-refractivity contribution in [2.24, 2.45) is 0 Å². The van der Waals surface area contributed by atoms with Crippen molar-refractivity contribution in [1.82, 2.24) is 10.2 Å². The van der Waals surface area contributed by atoms with Crippen LogP contribution >= 0.6 is 23.2 Å². The van der Waals surface area contributed by atoms with E-state index >= 15 is 0 Å². The quantitative estimate of drug-likeness (QED) is 0.786. The van der Waals surface area contributed by atoms with Crippen molar-refractivity contribution < 1.29 is 9.53 Å². The van der Waals surface area contributed by atoms with Gasteiger partial charge in [0.25, 0.3) is 0 Å². The molecule has 144 valence electrons. The number of morpholine rings is 1. The summed E-state index contributed by atoms with van der Waals surface area (Å²) < 4.78 is 5.43. The second-order valence-electron chi connectivity index (χ2n) is 6.86. The minimum atomic E-state index is -0.0812. The maximum Gasteiger partial charge on any atom is 0.225 e. The molecule has 1 aliphatic rings. The van der Waals surface area contributed by atoms with Crippen molar-refractivity contribution in [3.8, 4) is 0 Å². The number of carbonyl (C=O) groups is 1. The average molecular weight is 407 g/mol. The van der Waals surface area contributed by atoms with Gasteiger partial charge in [0.05, 0.1) is 25.7 Å². The molecule has 1 aliphatic heterocycles. The molecule has 1 atom stereocenters. The summed E-state index contributed by atoms with van der Waals surface area (Å²) in [5.74, 6) is -0.0574. The van der Waals surface area contributed by atoms with E-state index in [4.69, 9.17) is 27.9 Å². The lowest BCUT2D eigenvalue weighted by Crippen LogP contribution is -2.43. The van der Waals surface area contributed by atoms with Crippen LogP contribution in [0.4, 0.5) is 0 Å². The van der Waals surface area contributed by atoms with Gasteiger partial charge in [0.1, 0.15) is 0 Å². The third kappa shape index (κ3) is 5.94. The molecule has 3 rings (SSSR count). The van der Waals surface area contributed by atoms with Crippen LogP contribution in [-0.4, -0.2) is 43.7 Å². The van der Waals surface area contributed by atoms with Crippen LogP contribution in [0.2, 0.25) is 10.0 Å². The number of nitrogens with zero attached hydrogens (tertiary/aromatic N) is 1. The third-order valence-electron chi connectivity index (χ3n) is 4.73. The van der Waals surface area contributed by atoms with Crippen molar-refractivity contribution in [2.45, 2.75) is 19.4 Å². The number of rotatable bonds is 6. The molecule has 1 saturated heterocycles. The van der Waals surface area contributed by atoms with E-state index in [1.165, 1.54) is 5.56 Å². The normalized spacial score (nSPS) is 16.1. The molecule has 0 unspecified atom stereocenters. The van der Waals surface area contributed by atoms with Crippen molar-refractivity contribution in [2.75, 3.05) is 32.8 Å². The average Bonchev–Trinajstić information content (AvgIpc) is 2.65. The molecule has 0 radical (unpaired) electrons. The molecule has 1 N–H and O–H groups in total. The molecule has 1 amide bonds. The van der Waals surface area contributed by atoms with Crippen molar-refractivity contribution >= 4 is 29.1 Å². The van der Waals surface area contributed by atoms with Crippen LogP contribution in [0.15, 0.2) is 42.5 Å². The summed E-state index contributed by atoms with van der Waals surface area (Å²) in [6, 6.07) is 13.4. The first-order valence-electron chi connectivity index (χ1n) is 9.11. The van der Waals surface area contributed by atoms with E-state index in [1.807, 2.05) is 0 Å². The number of hydrogen-bond acceptors (Lipinski definition) is 3. The van der Waals surface area contributed by atoms with Gasteiger partial charge in [-0.3, -0.25) is 9.69 Å². The minimum Gasteiger partial charge on any atom is -0.379 e. The molecule has 1 fully saturated rings. The van der Waals surface area contributed by atoms with Gasteiger partial charge in [-0.15, -0.1) is 0 Å². The minimum absolute atomic E-state index is 0.0574. The number of hydrogen-bond donors (Lipinski definition) is 1. The van der Waals surface area contributed by atoms with E-state index in [1.54, 1.807) is 18.2 Å². The Kier molecular flexibility index (Phi) is 7.13. The lowest BCUT2D eigenvalue weighted by atomic mass is 10.0. The molecular formula is C21H24Cl2N2O2. The summed E-state index contributed by atoms with van der Waals surface area (Å²) in [6.45, 7) is 6.03. The largest absolute Gasteiger partial charge is 0.379 e. The SMILES string of the molecule is Cc1ccc([C@H](CN2CCOCC2)NC(=O)Cc2ccc(Cl)cc2Cl)cc1. The highest BCUT2D eigenvalue weighted by atomic mass is 35.5. The molecule has 0 spiro atoms. The van der Waals surface area contributed by atoms with Crippen LogP contribution in [0.3, 0.4) is 0 Å². The zero-order valence-corrected chi connectivity index (χ0v) is 16.9. The van der Waals surface area contributed by atoms with Crippen LogP contribution in [-0.2, 0) is 16.0 Å². The fourth-order valence-corrected chi connectivity index (χ4v) is 3.63. The monoisotopic (exact) mass is 406 g/mol. The first kappa shape index (κ1) is 20.2. The van der Waals surface area contributed by atoms with E-state index in [0.717, 1.165) is 44.0 Å². The molecule has 0 bridgehead atoms. The number of carbonyl (C=O) groups excluding carboxylic acids is 1. The Morgan fingerprint density at radius 1 is 1.15 bits per heavy atom. The maximum atomic E-state index is 12.7. The number of amides is 1. The predicted molar refractivity (Wildman–Crippen MR) is 109 cm³/mol. The number of nitrogens with one attached hydrogen (secondary N) is 1. The highest BCUT2D eigenvalue weighted by Crippen LogP contribution is 2.22. The van der Waals surface area contributed by atoms with Crippen molar-refractivity contribution in [3.05, 3.63) is 69.2 Å². The lowest BCUT2D eigenvalue weighted by Gasteiger charge is -2.31. The van der Waals surface area contributed by atoms with Crippen LogP contribution in [0, 0.1) is 6.92 Å². The van der Waals surface area contributed by atoms with Crippen molar-refractivity contribution in [1.29, 1.82) is 0 Å². The fraction of sp³-hybridized carbons (Fsp3) is 0.381. The molecule has 2 aromatic carbocycles. The molecule has 2 aromatic rings. The summed E-state index contributed by atoms with van der Waals surface area (Å²) in [6.07, 6.45) is 0.224. The van der Waals surface area contributed by atoms with Gasteiger partial charge in [-0.25, -0.2) is 0 Å². The fourth-order valence-electron chi connectivity index (χ4n) is 3.16. The molecule has 0 aliphatic carbocycles. The number of ether oxygens (including phenoxy) is 1. The zero-order valence-electron chi connectivity index (χ0n) is 15.4. The van der Waals surface area contributed by atoms with Gasteiger partial charge in [-0.2, -0.15) is 0 Å². The highest BCUT2D eigenvalue weighted by Gasteiger charge is 2.20. The predicted octanol–water partition coefficient (Wildman–Crippen LogP) is 4.03. The number of halogens is 2. The first-order valence-corrected chi connectivity index (χ1v) is 9.87. The van der Waals surface area contributed by atoms with E-state index in [9.17, 15) is 4.79 Å². The Hall–Kier alpha value is -1.59. The molecule has 0 saturated carbocycles. The van der Waals surface area contributed by atoms with Crippen LogP contribution in [0.1, 0.15) is 22.7 Å². The van der Waals surface area contributed by atoms with E-state index in [0.29, 0.717) is 10.0 Å². The molecule has 1 heterocycles. The standard InChI is InChI=1S/C21H24Cl2N2O2/c1-15-2-4-16(5-3-15)20(14-25-8-10-27-11-9-25)24-21(26)12-17-6-7-18(22)13-19(17)23/h2-7,13,20H,8-12,14H2,1H3,(H,24,26)/t20-/m0/s1. The van der Waals surface area contributed by atoms with Gasteiger partial charge in [0, 0.05) is 29.7 Å². The van der Waals surface area contributed by atoms with Crippen molar-refractivity contribution in [3.63, 3.8) is 0 Å². The van der Waals surface area contributed by atoms with Crippen LogP contribution < -0.4 is 5.32 Å². The van der Waals surface area contributed by atoms with E-state index < -0.39 is 0 Å². The Morgan fingerprint density at radius 3 is 2.52 bits per heavy atom. The Morgan fingerprint density at radius 2 is 1.85 bits per heavy atom. The van der Waals surface area contributed by atoms with E-state index in [-0.39, 0.29) is 18.4 Å². The van der Waals surface area contributed by atoms with Crippen LogP contribution in [0.5, 0.6) is 0 Å². The summed E-state index contributed by atoms with van der Waals surface area (Å²) in [5, 5.41) is 4.25. The maximum absolute atomic E-state index is 12.7.